The topological polar surface area (TPSA) is 26.3 Å². The Bertz CT molecular complexity index is 394. The molecular weight excluding hydrogens is 200 g/mol. The molecule has 0 bridgehead atoms. The van der Waals surface area contributed by atoms with Gasteiger partial charge >= 0.3 is 5.97 Å². The van der Waals surface area contributed by atoms with E-state index in [9.17, 15) is 4.79 Å². The van der Waals surface area contributed by atoms with E-state index in [1.165, 1.54) is 6.08 Å². The van der Waals surface area contributed by atoms with E-state index in [2.05, 4.69) is 6.92 Å². The third kappa shape index (κ3) is 2.01. The monoisotopic (exact) mass is 216 g/mol. The first-order chi connectivity index (χ1) is 7.77. The summed E-state index contributed by atoms with van der Waals surface area (Å²) in [6, 6.07) is 9.95. The van der Waals surface area contributed by atoms with Crippen LogP contribution in [0.15, 0.2) is 42.5 Å². The molecule has 2 heteroatoms. The van der Waals surface area contributed by atoms with Crippen LogP contribution in [-0.4, -0.2) is 5.97 Å². The lowest BCUT2D eigenvalue weighted by atomic mass is 9.89. The van der Waals surface area contributed by atoms with Crippen LogP contribution in [0.5, 0.6) is 0 Å². The minimum Gasteiger partial charge on any atom is -0.447 e. The van der Waals surface area contributed by atoms with Crippen molar-refractivity contribution in [2.45, 2.75) is 31.8 Å². The molecule has 0 saturated heterocycles. The SMILES string of the molecule is CCCC[C@]1(c2ccccc2)C=CC(=O)O1. The molecule has 0 spiro atoms. The van der Waals surface area contributed by atoms with Gasteiger partial charge in [-0.3, -0.25) is 0 Å². The molecule has 16 heavy (non-hydrogen) atoms. The van der Waals surface area contributed by atoms with Crippen molar-refractivity contribution >= 4 is 5.97 Å². The van der Waals surface area contributed by atoms with E-state index in [1.54, 1.807) is 0 Å². The van der Waals surface area contributed by atoms with Gasteiger partial charge in [-0.25, -0.2) is 4.79 Å². The van der Waals surface area contributed by atoms with Gasteiger partial charge in [0.15, 0.2) is 5.60 Å². The summed E-state index contributed by atoms with van der Waals surface area (Å²) in [7, 11) is 0. The van der Waals surface area contributed by atoms with Crippen molar-refractivity contribution in [3.05, 3.63) is 48.0 Å². The lowest BCUT2D eigenvalue weighted by Crippen LogP contribution is -2.25. The normalized spacial score (nSPS) is 23.4. The molecule has 1 aromatic carbocycles. The van der Waals surface area contributed by atoms with E-state index in [1.807, 2.05) is 36.4 Å². The van der Waals surface area contributed by atoms with E-state index in [0.29, 0.717) is 0 Å². The molecule has 1 aliphatic rings. The van der Waals surface area contributed by atoms with E-state index >= 15 is 0 Å². The predicted molar refractivity (Wildman–Crippen MR) is 62.9 cm³/mol. The first kappa shape index (κ1) is 10.9. The summed E-state index contributed by atoms with van der Waals surface area (Å²) in [4.78, 5) is 11.3. The number of hydrogen-bond donors (Lipinski definition) is 0. The maximum Gasteiger partial charge on any atom is 0.331 e. The van der Waals surface area contributed by atoms with Crippen LogP contribution < -0.4 is 0 Å². The van der Waals surface area contributed by atoms with Gasteiger partial charge in [0.25, 0.3) is 0 Å². The number of esters is 1. The van der Waals surface area contributed by atoms with Crippen LogP contribution in [0.1, 0.15) is 31.7 Å². The minimum absolute atomic E-state index is 0.236. The van der Waals surface area contributed by atoms with Crippen molar-refractivity contribution in [2.24, 2.45) is 0 Å². The Kier molecular flexibility index (Phi) is 3.09. The second-order valence-electron chi connectivity index (χ2n) is 4.11. The Morgan fingerprint density at radius 1 is 1.25 bits per heavy atom. The van der Waals surface area contributed by atoms with Gasteiger partial charge in [0, 0.05) is 6.08 Å². The number of unbranched alkanes of at least 4 members (excludes halogenated alkanes) is 1. The number of carbonyl (C=O) groups excluding carboxylic acids is 1. The maximum absolute atomic E-state index is 11.3. The van der Waals surface area contributed by atoms with Crippen LogP contribution in [0.3, 0.4) is 0 Å². The second-order valence-corrected chi connectivity index (χ2v) is 4.11. The van der Waals surface area contributed by atoms with E-state index in [-0.39, 0.29) is 5.97 Å². The summed E-state index contributed by atoms with van der Waals surface area (Å²) >= 11 is 0. The van der Waals surface area contributed by atoms with Crippen LogP contribution in [0, 0.1) is 0 Å². The Hall–Kier alpha value is -1.57. The van der Waals surface area contributed by atoms with Gasteiger partial charge in [0.05, 0.1) is 0 Å². The number of benzene rings is 1. The fraction of sp³-hybridized carbons (Fsp3) is 0.357. The number of ether oxygens (including phenoxy) is 1. The Labute approximate surface area is 95.9 Å². The van der Waals surface area contributed by atoms with Crippen molar-refractivity contribution < 1.29 is 9.53 Å². The quantitative estimate of drug-likeness (QED) is 0.722. The molecular formula is C14H16O2. The molecule has 1 aromatic rings. The third-order valence-corrected chi connectivity index (χ3v) is 2.94. The molecule has 1 heterocycles. The molecule has 1 aliphatic heterocycles. The molecule has 84 valence electrons. The standard InChI is InChI=1S/C14H16O2/c1-2-3-10-14(11-9-13(15)16-14)12-7-5-4-6-8-12/h4-9,11H,2-3,10H2,1H3/t14-/m1/s1. The first-order valence-electron chi connectivity index (χ1n) is 5.74. The first-order valence-corrected chi connectivity index (χ1v) is 5.74. The van der Waals surface area contributed by atoms with Crippen molar-refractivity contribution in [3.8, 4) is 0 Å². The number of cyclic esters (lactones) is 1. The van der Waals surface area contributed by atoms with Gasteiger partial charge in [-0.05, 0) is 24.5 Å². The molecule has 0 fully saturated rings. The van der Waals surface area contributed by atoms with Gasteiger partial charge in [-0.15, -0.1) is 0 Å². The molecule has 0 radical (unpaired) electrons. The lowest BCUT2D eigenvalue weighted by Gasteiger charge is -2.27. The zero-order chi connectivity index (χ0) is 11.4. The van der Waals surface area contributed by atoms with Crippen molar-refractivity contribution in [1.82, 2.24) is 0 Å². The molecule has 0 saturated carbocycles. The van der Waals surface area contributed by atoms with Crippen molar-refractivity contribution in [2.75, 3.05) is 0 Å². The third-order valence-electron chi connectivity index (χ3n) is 2.94. The number of rotatable bonds is 4. The van der Waals surface area contributed by atoms with Crippen LogP contribution in [0.25, 0.3) is 0 Å². The zero-order valence-corrected chi connectivity index (χ0v) is 9.48. The van der Waals surface area contributed by atoms with Gasteiger partial charge in [-0.1, -0.05) is 43.7 Å². The summed E-state index contributed by atoms with van der Waals surface area (Å²) in [5.41, 5.74) is 0.541. The number of hydrogen-bond acceptors (Lipinski definition) is 2. The smallest absolute Gasteiger partial charge is 0.331 e. The van der Waals surface area contributed by atoms with Crippen LogP contribution in [-0.2, 0) is 15.1 Å². The Morgan fingerprint density at radius 3 is 2.56 bits per heavy atom. The van der Waals surface area contributed by atoms with Gasteiger partial charge < -0.3 is 4.74 Å². The summed E-state index contributed by atoms with van der Waals surface area (Å²) in [5.74, 6) is -0.236. The molecule has 2 nitrogen and oxygen atoms in total. The highest BCUT2D eigenvalue weighted by atomic mass is 16.6. The second kappa shape index (κ2) is 4.52. The molecule has 1 atom stereocenters. The zero-order valence-electron chi connectivity index (χ0n) is 9.48. The van der Waals surface area contributed by atoms with Gasteiger partial charge in [0.2, 0.25) is 0 Å². The summed E-state index contributed by atoms with van der Waals surface area (Å²) in [5, 5.41) is 0. The average Bonchev–Trinajstić information content (AvgIpc) is 2.71. The van der Waals surface area contributed by atoms with Crippen LogP contribution >= 0.6 is 0 Å². The van der Waals surface area contributed by atoms with Crippen molar-refractivity contribution in [3.63, 3.8) is 0 Å². The Morgan fingerprint density at radius 2 is 2.00 bits per heavy atom. The summed E-state index contributed by atoms with van der Waals surface area (Å²) < 4.78 is 5.49. The van der Waals surface area contributed by atoms with Gasteiger partial charge in [-0.2, -0.15) is 0 Å². The van der Waals surface area contributed by atoms with E-state index in [4.69, 9.17) is 4.74 Å². The van der Waals surface area contributed by atoms with Crippen LogP contribution in [0.2, 0.25) is 0 Å². The summed E-state index contributed by atoms with van der Waals surface area (Å²) in [6.45, 7) is 2.14. The minimum atomic E-state index is -0.519. The van der Waals surface area contributed by atoms with Crippen molar-refractivity contribution in [1.29, 1.82) is 0 Å². The fourth-order valence-corrected chi connectivity index (χ4v) is 2.04. The lowest BCUT2D eigenvalue weighted by molar-refractivity contribution is -0.147. The molecule has 0 aliphatic carbocycles. The Balaban J connectivity index is 2.29. The highest BCUT2D eigenvalue weighted by molar-refractivity contribution is 5.85. The summed E-state index contributed by atoms with van der Waals surface area (Å²) in [6.07, 6.45) is 6.42. The largest absolute Gasteiger partial charge is 0.447 e. The molecule has 0 unspecified atom stereocenters. The van der Waals surface area contributed by atoms with E-state index in [0.717, 1.165) is 24.8 Å². The molecule has 0 N–H and O–H groups in total. The highest BCUT2D eigenvalue weighted by Crippen LogP contribution is 2.36. The average molecular weight is 216 g/mol. The maximum atomic E-state index is 11.3. The highest BCUT2D eigenvalue weighted by Gasteiger charge is 2.36. The van der Waals surface area contributed by atoms with Gasteiger partial charge in [0.1, 0.15) is 0 Å². The fourth-order valence-electron chi connectivity index (χ4n) is 2.04. The molecule has 0 aromatic heterocycles. The number of carbonyl (C=O) groups is 1. The molecule has 2 rings (SSSR count). The van der Waals surface area contributed by atoms with E-state index < -0.39 is 5.60 Å². The molecule has 0 amide bonds. The van der Waals surface area contributed by atoms with Crippen LogP contribution in [0.4, 0.5) is 0 Å². The predicted octanol–water partition coefficient (Wildman–Crippen LogP) is 3.19.